The van der Waals surface area contributed by atoms with Crippen molar-refractivity contribution in [2.75, 3.05) is 17.6 Å². The quantitative estimate of drug-likeness (QED) is 0.652. The normalized spacial score (nSPS) is 16.4. The summed E-state index contributed by atoms with van der Waals surface area (Å²) in [6.45, 7) is 2.86. The van der Waals surface area contributed by atoms with Crippen molar-refractivity contribution in [3.05, 3.63) is 11.2 Å². The van der Waals surface area contributed by atoms with Crippen LogP contribution in [0.4, 0.5) is 5.95 Å². The lowest BCUT2D eigenvalue weighted by molar-refractivity contribution is 0.623. The van der Waals surface area contributed by atoms with Gasteiger partial charge in [0.2, 0.25) is 5.95 Å². The third-order valence-corrected chi connectivity index (χ3v) is 4.59. The summed E-state index contributed by atoms with van der Waals surface area (Å²) in [5.41, 5.74) is 0. The number of aromatic nitrogens is 2. The smallest absolute Gasteiger partial charge is 0.223 e. The number of hydrogen-bond donors (Lipinski definition) is 1. The SMILES string of the molecule is CCNc1ncc(Cl)c(SCC2CCCC2)n1. The fourth-order valence-corrected chi connectivity index (χ4v) is 3.39. The molecule has 0 amide bonds. The van der Waals surface area contributed by atoms with Crippen LogP contribution in [0.1, 0.15) is 32.6 Å². The summed E-state index contributed by atoms with van der Waals surface area (Å²) in [7, 11) is 0. The summed E-state index contributed by atoms with van der Waals surface area (Å²) < 4.78 is 0. The van der Waals surface area contributed by atoms with Crippen LogP contribution >= 0.6 is 23.4 Å². The van der Waals surface area contributed by atoms with Gasteiger partial charge in [0, 0.05) is 12.3 Å². The van der Waals surface area contributed by atoms with Crippen molar-refractivity contribution in [3.8, 4) is 0 Å². The third-order valence-electron chi connectivity index (χ3n) is 2.98. The van der Waals surface area contributed by atoms with Crippen molar-refractivity contribution in [1.82, 2.24) is 9.97 Å². The van der Waals surface area contributed by atoms with Crippen molar-refractivity contribution in [2.45, 2.75) is 37.6 Å². The van der Waals surface area contributed by atoms with E-state index in [0.29, 0.717) is 11.0 Å². The van der Waals surface area contributed by atoms with Crippen LogP contribution in [-0.2, 0) is 0 Å². The lowest BCUT2D eigenvalue weighted by atomic mass is 10.1. The number of halogens is 1. The molecule has 0 unspecified atom stereocenters. The molecule has 94 valence electrons. The minimum absolute atomic E-state index is 0.662. The van der Waals surface area contributed by atoms with Crippen molar-refractivity contribution in [3.63, 3.8) is 0 Å². The fraction of sp³-hybridized carbons (Fsp3) is 0.667. The van der Waals surface area contributed by atoms with Crippen LogP contribution in [0.15, 0.2) is 11.2 Å². The van der Waals surface area contributed by atoms with E-state index in [9.17, 15) is 0 Å². The Hall–Kier alpha value is -0.480. The van der Waals surface area contributed by atoms with Crippen molar-refractivity contribution in [1.29, 1.82) is 0 Å². The number of hydrogen-bond acceptors (Lipinski definition) is 4. The van der Waals surface area contributed by atoms with E-state index in [1.54, 1.807) is 18.0 Å². The first-order valence-electron chi connectivity index (χ1n) is 6.18. The summed E-state index contributed by atoms with van der Waals surface area (Å²) in [5, 5.41) is 4.68. The zero-order valence-electron chi connectivity index (χ0n) is 10.1. The van der Waals surface area contributed by atoms with E-state index in [0.717, 1.165) is 23.2 Å². The van der Waals surface area contributed by atoms with E-state index >= 15 is 0 Å². The van der Waals surface area contributed by atoms with Gasteiger partial charge in [-0.15, -0.1) is 11.8 Å². The van der Waals surface area contributed by atoms with Gasteiger partial charge >= 0.3 is 0 Å². The first-order chi connectivity index (χ1) is 8.29. The highest BCUT2D eigenvalue weighted by molar-refractivity contribution is 7.99. The Bertz CT molecular complexity index is 367. The molecule has 1 aromatic heterocycles. The van der Waals surface area contributed by atoms with Crippen LogP contribution < -0.4 is 5.32 Å². The minimum atomic E-state index is 0.662. The monoisotopic (exact) mass is 271 g/mol. The van der Waals surface area contributed by atoms with Gasteiger partial charge in [-0.3, -0.25) is 0 Å². The van der Waals surface area contributed by atoms with E-state index in [-0.39, 0.29) is 0 Å². The maximum absolute atomic E-state index is 6.11. The van der Waals surface area contributed by atoms with Crippen LogP contribution in [0.2, 0.25) is 5.02 Å². The standard InChI is InChI=1S/C12H18ClN3S/c1-2-14-12-15-7-10(13)11(16-12)17-8-9-5-3-4-6-9/h7,9H,2-6,8H2,1H3,(H,14,15,16). The van der Waals surface area contributed by atoms with Gasteiger partial charge in [-0.25, -0.2) is 9.97 Å². The zero-order valence-corrected chi connectivity index (χ0v) is 11.7. The number of anilines is 1. The van der Waals surface area contributed by atoms with E-state index < -0.39 is 0 Å². The number of nitrogens with one attached hydrogen (secondary N) is 1. The summed E-state index contributed by atoms with van der Waals surface area (Å²) in [4.78, 5) is 8.57. The van der Waals surface area contributed by atoms with Gasteiger partial charge < -0.3 is 5.32 Å². The van der Waals surface area contributed by atoms with Crippen LogP contribution in [0.3, 0.4) is 0 Å². The Morgan fingerprint density at radius 2 is 2.24 bits per heavy atom. The van der Waals surface area contributed by atoms with Crippen molar-refractivity contribution >= 4 is 29.3 Å². The molecule has 0 saturated heterocycles. The third kappa shape index (κ3) is 3.75. The van der Waals surface area contributed by atoms with Crippen LogP contribution in [0.25, 0.3) is 0 Å². The highest BCUT2D eigenvalue weighted by atomic mass is 35.5. The number of nitrogens with zero attached hydrogens (tertiary/aromatic N) is 2. The van der Waals surface area contributed by atoms with E-state index in [1.165, 1.54) is 25.7 Å². The average molecular weight is 272 g/mol. The molecule has 1 fully saturated rings. The Balaban J connectivity index is 1.95. The molecular weight excluding hydrogens is 254 g/mol. The molecule has 2 rings (SSSR count). The van der Waals surface area contributed by atoms with E-state index in [4.69, 9.17) is 11.6 Å². The molecule has 1 aromatic rings. The molecule has 1 N–H and O–H groups in total. The molecule has 1 saturated carbocycles. The first kappa shape index (κ1) is 13.0. The molecule has 0 bridgehead atoms. The summed E-state index contributed by atoms with van der Waals surface area (Å²) in [6.07, 6.45) is 7.16. The number of rotatable bonds is 5. The predicted octanol–water partition coefficient (Wildman–Crippen LogP) is 3.84. The molecular formula is C12H18ClN3S. The lowest BCUT2D eigenvalue weighted by Crippen LogP contribution is -2.03. The predicted molar refractivity (Wildman–Crippen MR) is 73.9 cm³/mol. The van der Waals surface area contributed by atoms with Gasteiger partial charge in [-0.2, -0.15) is 0 Å². The van der Waals surface area contributed by atoms with Crippen LogP contribution in [0, 0.1) is 5.92 Å². The second kappa shape index (κ2) is 6.45. The molecule has 0 aliphatic heterocycles. The van der Waals surface area contributed by atoms with Gasteiger partial charge in [0.1, 0.15) is 5.03 Å². The van der Waals surface area contributed by atoms with E-state index in [2.05, 4.69) is 15.3 Å². The summed E-state index contributed by atoms with van der Waals surface area (Å²) in [5.74, 6) is 2.64. The molecule has 1 heterocycles. The molecule has 5 heteroatoms. The van der Waals surface area contributed by atoms with Gasteiger partial charge in [-0.05, 0) is 25.7 Å². The number of thioether (sulfide) groups is 1. The summed E-state index contributed by atoms with van der Waals surface area (Å²) >= 11 is 7.87. The molecule has 0 aromatic carbocycles. The fourth-order valence-electron chi connectivity index (χ4n) is 2.07. The topological polar surface area (TPSA) is 37.8 Å². The zero-order chi connectivity index (χ0) is 12.1. The second-order valence-electron chi connectivity index (χ2n) is 4.34. The molecule has 0 radical (unpaired) electrons. The average Bonchev–Trinajstić information content (AvgIpc) is 2.83. The first-order valence-corrected chi connectivity index (χ1v) is 7.55. The largest absolute Gasteiger partial charge is 0.354 e. The maximum atomic E-state index is 6.11. The lowest BCUT2D eigenvalue weighted by Gasteiger charge is -2.09. The molecule has 3 nitrogen and oxygen atoms in total. The highest BCUT2D eigenvalue weighted by Gasteiger charge is 2.16. The molecule has 1 aliphatic carbocycles. The van der Waals surface area contributed by atoms with Crippen LogP contribution in [0.5, 0.6) is 0 Å². The molecule has 0 atom stereocenters. The Morgan fingerprint density at radius 3 is 2.94 bits per heavy atom. The molecule has 17 heavy (non-hydrogen) atoms. The minimum Gasteiger partial charge on any atom is -0.354 e. The Kier molecular flexibility index (Phi) is 4.92. The summed E-state index contributed by atoms with van der Waals surface area (Å²) in [6, 6.07) is 0. The Labute approximate surface area is 112 Å². The van der Waals surface area contributed by atoms with E-state index in [1.807, 2.05) is 6.92 Å². The van der Waals surface area contributed by atoms with Gasteiger partial charge in [0.25, 0.3) is 0 Å². The highest BCUT2D eigenvalue weighted by Crippen LogP contribution is 2.32. The second-order valence-corrected chi connectivity index (χ2v) is 5.75. The van der Waals surface area contributed by atoms with Crippen molar-refractivity contribution in [2.24, 2.45) is 5.92 Å². The van der Waals surface area contributed by atoms with Crippen LogP contribution in [-0.4, -0.2) is 22.3 Å². The van der Waals surface area contributed by atoms with Gasteiger partial charge in [-0.1, -0.05) is 24.4 Å². The Morgan fingerprint density at radius 1 is 1.47 bits per heavy atom. The molecule has 0 spiro atoms. The van der Waals surface area contributed by atoms with Crippen molar-refractivity contribution < 1.29 is 0 Å². The maximum Gasteiger partial charge on any atom is 0.223 e. The van der Waals surface area contributed by atoms with Gasteiger partial charge in [0.15, 0.2) is 0 Å². The van der Waals surface area contributed by atoms with Gasteiger partial charge in [0.05, 0.1) is 11.2 Å². The molecule has 1 aliphatic rings.